The average molecular weight is 257 g/mol. The standard InChI is InChI=1S/C15H19N3O/c1-4-12-10-16-7-5-14(12)15(19)9-13-6-8-18(17-13)11(2)3/h5-8,10-11H,4,9H2,1-3H3. The van der Waals surface area contributed by atoms with Crippen molar-refractivity contribution >= 4 is 5.78 Å². The van der Waals surface area contributed by atoms with Crippen LogP contribution in [0.3, 0.4) is 0 Å². The van der Waals surface area contributed by atoms with Crippen molar-refractivity contribution < 1.29 is 4.79 Å². The van der Waals surface area contributed by atoms with Crippen molar-refractivity contribution in [3.05, 3.63) is 47.5 Å². The first-order valence-corrected chi connectivity index (χ1v) is 6.62. The normalized spacial score (nSPS) is 10.9. The largest absolute Gasteiger partial charge is 0.294 e. The molecule has 0 N–H and O–H groups in total. The molecule has 2 heterocycles. The molecule has 0 aromatic carbocycles. The maximum absolute atomic E-state index is 12.3. The number of aromatic nitrogens is 3. The molecule has 0 radical (unpaired) electrons. The van der Waals surface area contributed by atoms with Crippen LogP contribution in [0.4, 0.5) is 0 Å². The summed E-state index contributed by atoms with van der Waals surface area (Å²) in [5.74, 6) is 0.105. The zero-order chi connectivity index (χ0) is 13.8. The number of nitrogens with zero attached hydrogens (tertiary/aromatic N) is 3. The smallest absolute Gasteiger partial charge is 0.169 e. The van der Waals surface area contributed by atoms with Crippen LogP contribution in [-0.2, 0) is 12.8 Å². The number of hydrogen-bond acceptors (Lipinski definition) is 3. The molecule has 2 rings (SSSR count). The Bertz CT molecular complexity index is 572. The summed E-state index contributed by atoms with van der Waals surface area (Å²) in [6.45, 7) is 6.16. The third kappa shape index (κ3) is 3.08. The minimum absolute atomic E-state index is 0.105. The molecule has 0 bridgehead atoms. The Morgan fingerprint density at radius 1 is 1.37 bits per heavy atom. The van der Waals surface area contributed by atoms with Crippen LogP contribution in [0.25, 0.3) is 0 Å². The fourth-order valence-electron chi connectivity index (χ4n) is 2.00. The minimum Gasteiger partial charge on any atom is -0.294 e. The first-order chi connectivity index (χ1) is 9.11. The molecule has 100 valence electrons. The molecule has 0 aliphatic heterocycles. The number of hydrogen-bond donors (Lipinski definition) is 0. The number of ketones is 1. The van der Waals surface area contributed by atoms with Gasteiger partial charge in [0.05, 0.1) is 12.1 Å². The molecule has 2 aromatic rings. The van der Waals surface area contributed by atoms with Crippen LogP contribution < -0.4 is 0 Å². The lowest BCUT2D eigenvalue weighted by Gasteiger charge is -2.05. The van der Waals surface area contributed by atoms with Gasteiger partial charge in [0.2, 0.25) is 0 Å². The summed E-state index contributed by atoms with van der Waals surface area (Å²) in [7, 11) is 0. The van der Waals surface area contributed by atoms with Crippen LogP contribution in [-0.4, -0.2) is 20.5 Å². The third-order valence-electron chi connectivity index (χ3n) is 3.12. The van der Waals surface area contributed by atoms with Crippen LogP contribution in [0.1, 0.15) is 48.4 Å². The molecule has 0 saturated carbocycles. The lowest BCUT2D eigenvalue weighted by molar-refractivity contribution is 0.0990. The van der Waals surface area contributed by atoms with Gasteiger partial charge in [0.15, 0.2) is 5.78 Å². The van der Waals surface area contributed by atoms with E-state index in [4.69, 9.17) is 0 Å². The first-order valence-electron chi connectivity index (χ1n) is 6.62. The van der Waals surface area contributed by atoms with Crippen LogP contribution in [0.5, 0.6) is 0 Å². The molecule has 0 atom stereocenters. The monoisotopic (exact) mass is 257 g/mol. The van der Waals surface area contributed by atoms with Crippen molar-refractivity contribution in [1.82, 2.24) is 14.8 Å². The Kier molecular flexibility index (Phi) is 4.10. The van der Waals surface area contributed by atoms with Crippen LogP contribution >= 0.6 is 0 Å². The Morgan fingerprint density at radius 2 is 2.16 bits per heavy atom. The zero-order valence-corrected chi connectivity index (χ0v) is 11.6. The van der Waals surface area contributed by atoms with Crippen molar-refractivity contribution in [3.63, 3.8) is 0 Å². The summed E-state index contributed by atoms with van der Waals surface area (Å²) in [6.07, 6.45) is 6.51. The van der Waals surface area contributed by atoms with E-state index < -0.39 is 0 Å². The van der Waals surface area contributed by atoms with Gasteiger partial charge in [0.25, 0.3) is 0 Å². The predicted octanol–water partition coefficient (Wildman–Crippen LogP) is 2.85. The van der Waals surface area contributed by atoms with E-state index in [1.807, 2.05) is 23.9 Å². The van der Waals surface area contributed by atoms with E-state index in [1.165, 1.54) is 0 Å². The summed E-state index contributed by atoms with van der Waals surface area (Å²) in [6, 6.07) is 4.02. The number of aryl methyl sites for hydroxylation is 1. The van der Waals surface area contributed by atoms with Gasteiger partial charge in [-0.05, 0) is 38.0 Å². The third-order valence-corrected chi connectivity index (χ3v) is 3.12. The van der Waals surface area contributed by atoms with Gasteiger partial charge in [-0.3, -0.25) is 14.5 Å². The molecule has 4 nitrogen and oxygen atoms in total. The SMILES string of the molecule is CCc1cnccc1C(=O)Cc1ccn(C(C)C)n1. The van der Waals surface area contributed by atoms with Crippen LogP contribution in [0, 0.1) is 0 Å². The molecule has 0 amide bonds. The molecule has 19 heavy (non-hydrogen) atoms. The molecule has 0 saturated heterocycles. The summed E-state index contributed by atoms with van der Waals surface area (Å²) in [5.41, 5.74) is 2.57. The highest BCUT2D eigenvalue weighted by Gasteiger charge is 2.13. The van der Waals surface area contributed by atoms with Gasteiger partial charge in [0.1, 0.15) is 0 Å². The Hall–Kier alpha value is -1.97. The van der Waals surface area contributed by atoms with E-state index in [-0.39, 0.29) is 5.78 Å². The number of carbonyl (C=O) groups is 1. The molecular formula is C15H19N3O. The highest BCUT2D eigenvalue weighted by molar-refractivity contribution is 5.98. The molecule has 0 fully saturated rings. The maximum atomic E-state index is 12.3. The van der Waals surface area contributed by atoms with Crippen molar-refractivity contribution in [3.8, 4) is 0 Å². The molecular weight excluding hydrogens is 238 g/mol. The van der Waals surface area contributed by atoms with Crippen molar-refractivity contribution in [2.75, 3.05) is 0 Å². The van der Waals surface area contributed by atoms with Crippen LogP contribution in [0.15, 0.2) is 30.7 Å². The van der Waals surface area contributed by atoms with Gasteiger partial charge in [-0.15, -0.1) is 0 Å². The highest BCUT2D eigenvalue weighted by Crippen LogP contribution is 2.12. The summed E-state index contributed by atoms with van der Waals surface area (Å²) in [4.78, 5) is 16.4. The summed E-state index contributed by atoms with van der Waals surface area (Å²) >= 11 is 0. The summed E-state index contributed by atoms with van der Waals surface area (Å²) in [5, 5.41) is 4.41. The van der Waals surface area contributed by atoms with E-state index >= 15 is 0 Å². The van der Waals surface area contributed by atoms with Gasteiger partial charge < -0.3 is 0 Å². The average Bonchev–Trinajstić information content (AvgIpc) is 2.87. The van der Waals surface area contributed by atoms with Gasteiger partial charge in [-0.2, -0.15) is 5.10 Å². The van der Waals surface area contributed by atoms with E-state index in [1.54, 1.807) is 18.5 Å². The summed E-state index contributed by atoms with van der Waals surface area (Å²) < 4.78 is 1.87. The maximum Gasteiger partial charge on any atom is 0.169 e. The predicted molar refractivity (Wildman–Crippen MR) is 74.3 cm³/mol. The lowest BCUT2D eigenvalue weighted by atomic mass is 10.0. The quantitative estimate of drug-likeness (QED) is 0.774. The van der Waals surface area contributed by atoms with E-state index in [2.05, 4.69) is 23.9 Å². The molecule has 0 aliphatic rings. The van der Waals surface area contributed by atoms with Gasteiger partial charge in [-0.1, -0.05) is 6.92 Å². The Labute approximate surface area is 113 Å². The van der Waals surface area contributed by atoms with Gasteiger partial charge in [-0.25, -0.2) is 0 Å². The second-order valence-electron chi connectivity index (χ2n) is 4.87. The molecule has 0 unspecified atom stereocenters. The highest BCUT2D eigenvalue weighted by atomic mass is 16.1. The zero-order valence-electron chi connectivity index (χ0n) is 11.6. The number of rotatable bonds is 5. The number of pyridine rings is 1. The molecule has 0 aliphatic carbocycles. The van der Waals surface area contributed by atoms with E-state index in [0.717, 1.165) is 23.2 Å². The molecule has 0 spiro atoms. The molecule has 2 aromatic heterocycles. The van der Waals surface area contributed by atoms with Crippen molar-refractivity contribution in [2.24, 2.45) is 0 Å². The fourth-order valence-corrected chi connectivity index (χ4v) is 2.00. The fraction of sp³-hybridized carbons (Fsp3) is 0.400. The first kappa shape index (κ1) is 13.5. The topological polar surface area (TPSA) is 47.8 Å². The second kappa shape index (κ2) is 5.78. The Morgan fingerprint density at radius 3 is 2.79 bits per heavy atom. The van der Waals surface area contributed by atoms with Gasteiger partial charge in [0, 0.05) is 30.2 Å². The van der Waals surface area contributed by atoms with E-state index in [0.29, 0.717) is 12.5 Å². The number of Topliss-reactive ketones (excluding diaryl/α,β-unsaturated/α-hetero) is 1. The number of carbonyl (C=O) groups excluding carboxylic acids is 1. The lowest BCUT2D eigenvalue weighted by Crippen LogP contribution is -2.09. The van der Waals surface area contributed by atoms with Gasteiger partial charge >= 0.3 is 0 Å². The minimum atomic E-state index is 0.105. The van der Waals surface area contributed by atoms with Crippen molar-refractivity contribution in [1.29, 1.82) is 0 Å². The van der Waals surface area contributed by atoms with E-state index in [9.17, 15) is 4.79 Å². The Balaban J connectivity index is 2.16. The second-order valence-corrected chi connectivity index (χ2v) is 4.87. The van der Waals surface area contributed by atoms with Crippen LogP contribution in [0.2, 0.25) is 0 Å². The molecule has 4 heteroatoms. The van der Waals surface area contributed by atoms with Crippen molar-refractivity contribution in [2.45, 2.75) is 39.7 Å².